The average molecular weight is 505 g/mol. The Morgan fingerprint density at radius 1 is 1.06 bits per heavy atom. The van der Waals surface area contributed by atoms with Crippen LogP contribution in [0.1, 0.15) is 47.6 Å². The smallest absolute Gasteiger partial charge is 0.261 e. The summed E-state index contributed by atoms with van der Waals surface area (Å²) < 4.78 is 7.57. The van der Waals surface area contributed by atoms with E-state index in [1.165, 1.54) is 6.20 Å². The maximum atomic E-state index is 13.5. The van der Waals surface area contributed by atoms with Crippen LogP contribution in [-0.2, 0) is 12.2 Å². The largest absolute Gasteiger partial charge is 0.488 e. The minimum Gasteiger partial charge on any atom is -0.488 e. The molecule has 0 atom stereocenters. The lowest BCUT2D eigenvalue weighted by atomic mass is 10.1. The molecule has 3 heterocycles. The fourth-order valence-electron chi connectivity index (χ4n) is 3.93. The van der Waals surface area contributed by atoms with Crippen molar-refractivity contribution in [2.45, 2.75) is 53.8 Å². The highest BCUT2D eigenvalue weighted by Crippen LogP contribution is 2.29. The molecule has 7 nitrogen and oxygen atoms in total. The van der Waals surface area contributed by atoms with Crippen molar-refractivity contribution in [3.05, 3.63) is 97.9 Å². The van der Waals surface area contributed by atoms with Gasteiger partial charge in [-0.25, -0.2) is 9.97 Å². The molecule has 0 amide bonds. The van der Waals surface area contributed by atoms with Gasteiger partial charge in [-0.3, -0.25) is 14.3 Å². The fraction of sp³-hybridized carbons (Fsp3) is 0.286. The van der Waals surface area contributed by atoms with Gasteiger partial charge < -0.3 is 9.84 Å². The van der Waals surface area contributed by atoms with Gasteiger partial charge in [-0.05, 0) is 58.7 Å². The molecule has 1 aromatic carbocycles. The van der Waals surface area contributed by atoms with E-state index >= 15 is 0 Å². The van der Waals surface area contributed by atoms with E-state index in [2.05, 4.69) is 21.0 Å². The molecule has 0 fully saturated rings. The first-order chi connectivity index (χ1) is 17.0. The first-order valence-corrected chi connectivity index (χ1v) is 12.0. The summed E-state index contributed by atoms with van der Waals surface area (Å²) >= 11 is 6.53. The van der Waals surface area contributed by atoms with Crippen molar-refractivity contribution >= 4 is 11.6 Å². The Morgan fingerprint density at radius 3 is 2.50 bits per heavy atom. The number of aromatic nitrogens is 4. The molecule has 36 heavy (non-hydrogen) atoms. The zero-order chi connectivity index (χ0) is 26.2. The number of halogens is 1. The highest BCUT2D eigenvalue weighted by atomic mass is 35.5. The van der Waals surface area contributed by atoms with Crippen molar-refractivity contribution in [3.8, 4) is 22.8 Å². The molecule has 186 valence electrons. The highest BCUT2D eigenvalue weighted by Gasteiger charge is 2.22. The van der Waals surface area contributed by atoms with Crippen molar-refractivity contribution < 1.29 is 9.84 Å². The third kappa shape index (κ3) is 5.17. The van der Waals surface area contributed by atoms with Crippen molar-refractivity contribution in [1.29, 1.82) is 0 Å². The van der Waals surface area contributed by atoms with Crippen LogP contribution in [0.5, 0.6) is 5.75 Å². The number of aryl methyl sites for hydroxylation is 3. The zero-order valence-corrected chi connectivity index (χ0v) is 22.0. The van der Waals surface area contributed by atoms with Crippen LogP contribution < -0.4 is 10.3 Å². The van der Waals surface area contributed by atoms with E-state index in [0.717, 1.165) is 16.7 Å². The molecule has 0 saturated carbocycles. The maximum Gasteiger partial charge on any atom is 0.261 e. The quantitative estimate of drug-likeness (QED) is 0.379. The van der Waals surface area contributed by atoms with Crippen LogP contribution in [0.3, 0.4) is 0 Å². The van der Waals surface area contributed by atoms with Gasteiger partial charge in [0.2, 0.25) is 0 Å². The molecular formula is C28H29ClN4O3. The third-order valence-electron chi connectivity index (χ3n) is 5.90. The third-order valence-corrected chi connectivity index (χ3v) is 6.19. The molecule has 0 bridgehead atoms. The van der Waals surface area contributed by atoms with E-state index in [4.69, 9.17) is 16.3 Å². The van der Waals surface area contributed by atoms with E-state index < -0.39 is 5.60 Å². The average Bonchev–Trinajstić information content (AvgIpc) is 2.81. The molecule has 0 aliphatic rings. The number of hydrogen-bond acceptors (Lipinski definition) is 6. The monoisotopic (exact) mass is 504 g/mol. The summed E-state index contributed by atoms with van der Waals surface area (Å²) in [4.78, 5) is 26.7. The number of benzene rings is 1. The lowest BCUT2D eigenvalue weighted by molar-refractivity contribution is 0.0688. The maximum absolute atomic E-state index is 13.5. The Labute approximate surface area is 215 Å². The summed E-state index contributed by atoms with van der Waals surface area (Å²) in [7, 11) is 0. The van der Waals surface area contributed by atoms with E-state index in [-0.39, 0.29) is 11.4 Å². The number of pyridine rings is 2. The Kier molecular flexibility index (Phi) is 6.98. The lowest BCUT2D eigenvalue weighted by Gasteiger charge is -2.18. The molecule has 4 rings (SSSR count). The van der Waals surface area contributed by atoms with Crippen LogP contribution in [0.15, 0.2) is 53.6 Å². The molecule has 3 aromatic heterocycles. The van der Waals surface area contributed by atoms with Gasteiger partial charge in [0.1, 0.15) is 18.0 Å². The summed E-state index contributed by atoms with van der Waals surface area (Å²) in [6.07, 6.45) is 3.15. The summed E-state index contributed by atoms with van der Waals surface area (Å²) in [5, 5.41) is 10.7. The molecule has 8 heteroatoms. The van der Waals surface area contributed by atoms with E-state index in [1.54, 1.807) is 37.6 Å². The second-order valence-corrected chi connectivity index (χ2v) is 9.91. The Hall–Kier alpha value is -3.55. The molecule has 0 radical (unpaired) electrons. The molecule has 0 aliphatic heterocycles. The molecule has 0 unspecified atom stereocenters. The number of hydrogen-bond donors (Lipinski definition) is 1. The van der Waals surface area contributed by atoms with Crippen LogP contribution in [0, 0.1) is 27.7 Å². The molecule has 4 aromatic rings. The van der Waals surface area contributed by atoms with E-state index in [0.29, 0.717) is 45.7 Å². The molecule has 0 saturated heterocycles. The predicted octanol–water partition coefficient (Wildman–Crippen LogP) is 5.38. The standard InChI is InChI=1S/C28H29ClN4O3/c1-16-8-7-9-20(10-16)15-36-24-11-18(3)33(26(34)19(24)4)23-12-22(30-14-21(23)29)25-17(2)13-31-27(32-25)28(5,6)35/h7-14,35H,15H2,1-6H3. The van der Waals surface area contributed by atoms with Crippen LogP contribution in [0.4, 0.5) is 0 Å². The summed E-state index contributed by atoms with van der Waals surface area (Å²) in [5.41, 5.74) is 4.22. The Bertz CT molecular complexity index is 1510. The van der Waals surface area contributed by atoms with Crippen molar-refractivity contribution in [2.75, 3.05) is 0 Å². The topological polar surface area (TPSA) is 90.1 Å². The second kappa shape index (κ2) is 9.84. The van der Waals surface area contributed by atoms with Gasteiger partial charge in [0, 0.05) is 24.2 Å². The van der Waals surface area contributed by atoms with Crippen LogP contribution in [0.2, 0.25) is 5.02 Å². The summed E-state index contributed by atoms with van der Waals surface area (Å²) in [5.74, 6) is 0.808. The van der Waals surface area contributed by atoms with E-state index in [1.807, 2.05) is 45.0 Å². The molecule has 0 aliphatic carbocycles. The number of ether oxygens (including phenoxy) is 1. The Morgan fingerprint density at radius 2 is 1.81 bits per heavy atom. The van der Waals surface area contributed by atoms with Crippen molar-refractivity contribution in [2.24, 2.45) is 0 Å². The van der Waals surface area contributed by atoms with Gasteiger partial charge in [-0.15, -0.1) is 0 Å². The van der Waals surface area contributed by atoms with Gasteiger partial charge >= 0.3 is 0 Å². The van der Waals surface area contributed by atoms with Crippen molar-refractivity contribution in [3.63, 3.8) is 0 Å². The van der Waals surface area contributed by atoms with E-state index in [9.17, 15) is 9.90 Å². The van der Waals surface area contributed by atoms with Crippen molar-refractivity contribution in [1.82, 2.24) is 19.5 Å². The second-order valence-electron chi connectivity index (χ2n) is 9.50. The predicted molar refractivity (Wildman–Crippen MR) is 141 cm³/mol. The SMILES string of the molecule is Cc1cccc(COc2cc(C)n(-c3cc(-c4nc(C(C)(C)O)ncc4C)ncc3Cl)c(=O)c2C)c1. The van der Waals surface area contributed by atoms with Gasteiger partial charge in [0.25, 0.3) is 5.56 Å². The van der Waals surface area contributed by atoms with Gasteiger partial charge in [0.15, 0.2) is 5.82 Å². The summed E-state index contributed by atoms with van der Waals surface area (Å²) in [6.45, 7) is 11.1. The fourth-order valence-corrected chi connectivity index (χ4v) is 4.12. The zero-order valence-electron chi connectivity index (χ0n) is 21.3. The Balaban J connectivity index is 1.75. The van der Waals surface area contributed by atoms with Gasteiger partial charge in [-0.2, -0.15) is 0 Å². The number of rotatable bonds is 6. The molecule has 0 spiro atoms. The highest BCUT2D eigenvalue weighted by molar-refractivity contribution is 6.32. The van der Waals surface area contributed by atoms with Gasteiger partial charge in [-0.1, -0.05) is 41.4 Å². The normalized spacial score (nSPS) is 11.6. The van der Waals surface area contributed by atoms with Crippen LogP contribution >= 0.6 is 11.6 Å². The van der Waals surface area contributed by atoms with Crippen LogP contribution in [0.25, 0.3) is 17.1 Å². The number of nitrogens with zero attached hydrogens (tertiary/aromatic N) is 4. The first-order valence-electron chi connectivity index (χ1n) is 11.6. The minimum absolute atomic E-state index is 0.232. The molecule has 1 N–H and O–H groups in total. The summed E-state index contributed by atoms with van der Waals surface area (Å²) in [6, 6.07) is 11.6. The first kappa shape index (κ1) is 25.5. The minimum atomic E-state index is -1.21. The number of aliphatic hydroxyl groups is 1. The van der Waals surface area contributed by atoms with Gasteiger partial charge in [0.05, 0.1) is 27.7 Å². The lowest BCUT2D eigenvalue weighted by Crippen LogP contribution is -2.24. The van der Waals surface area contributed by atoms with Crippen LogP contribution in [-0.4, -0.2) is 24.6 Å². The molecular weight excluding hydrogens is 476 g/mol.